The Morgan fingerprint density at radius 1 is 1.22 bits per heavy atom. The zero-order chi connectivity index (χ0) is 18.2. The van der Waals surface area contributed by atoms with Gasteiger partial charge in [-0.25, -0.2) is 9.97 Å². The first-order chi connectivity index (χ1) is 12.8. The summed E-state index contributed by atoms with van der Waals surface area (Å²) in [5, 5.41) is 7.19. The number of aromatic nitrogens is 4. The van der Waals surface area contributed by atoms with Crippen molar-refractivity contribution in [3.63, 3.8) is 0 Å². The van der Waals surface area contributed by atoms with Crippen LogP contribution >= 0.6 is 24.0 Å². The standard InChI is InChI=1S/C17H26N8O.HI/c1-3-18-16(19-7-4-6-15-22-14(2)23-26-15)24-10-12-25(13-11-24)17-20-8-5-9-21-17;/h5,8-9H,3-4,6-7,10-13H2,1-2H3,(H,18,19);1H. The largest absolute Gasteiger partial charge is 0.357 e. The first kappa shape index (κ1) is 21.3. The maximum Gasteiger partial charge on any atom is 0.226 e. The minimum absolute atomic E-state index is 0. The molecule has 0 aliphatic carbocycles. The van der Waals surface area contributed by atoms with Crippen LogP contribution in [0.25, 0.3) is 0 Å². The summed E-state index contributed by atoms with van der Waals surface area (Å²) in [6, 6.07) is 1.84. The molecule has 2 aromatic rings. The van der Waals surface area contributed by atoms with Crippen molar-refractivity contribution in [2.75, 3.05) is 44.2 Å². The fourth-order valence-electron chi connectivity index (χ4n) is 2.86. The summed E-state index contributed by atoms with van der Waals surface area (Å²) in [4.78, 5) is 22.1. The maximum absolute atomic E-state index is 5.14. The average molecular weight is 486 g/mol. The van der Waals surface area contributed by atoms with E-state index >= 15 is 0 Å². The lowest BCUT2D eigenvalue weighted by Crippen LogP contribution is -2.53. The zero-order valence-corrected chi connectivity index (χ0v) is 18.2. The van der Waals surface area contributed by atoms with Crippen LogP contribution in [0, 0.1) is 6.92 Å². The van der Waals surface area contributed by atoms with Gasteiger partial charge in [-0.15, -0.1) is 24.0 Å². The Morgan fingerprint density at radius 3 is 2.59 bits per heavy atom. The number of aliphatic imine (C=N–C) groups is 1. The Morgan fingerprint density at radius 2 is 1.96 bits per heavy atom. The molecule has 1 aliphatic rings. The van der Waals surface area contributed by atoms with Gasteiger partial charge in [0.1, 0.15) is 0 Å². The molecule has 0 radical (unpaired) electrons. The number of nitrogens with zero attached hydrogens (tertiary/aromatic N) is 7. The molecule has 3 rings (SSSR count). The first-order valence-electron chi connectivity index (χ1n) is 9.10. The van der Waals surface area contributed by atoms with Crippen molar-refractivity contribution in [2.45, 2.75) is 26.7 Å². The van der Waals surface area contributed by atoms with Crippen LogP contribution in [0.1, 0.15) is 25.1 Å². The number of guanidine groups is 1. The van der Waals surface area contributed by atoms with Gasteiger partial charge in [-0.1, -0.05) is 5.16 Å². The third-order valence-corrected chi connectivity index (χ3v) is 4.13. The summed E-state index contributed by atoms with van der Waals surface area (Å²) in [6.07, 6.45) is 5.20. The summed E-state index contributed by atoms with van der Waals surface area (Å²) in [6.45, 7) is 9.06. The number of hydrogen-bond acceptors (Lipinski definition) is 7. The highest BCUT2D eigenvalue weighted by Crippen LogP contribution is 2.10. The number of aryl methyl sites for hydroxylation is 2. The van der Waals surface area contributed by atoms with Gasteiger partial charge in [-0.05, 0) is 26.3 Å². The Kier molecular flexibility index (Phi) is 8.69. The molecule has 1 N–H and O–H groups in total. The molecule has 0 aromatic carbocycles. The summed E-state index contributed by atoms with van der Waals surface area (Å²) < 4.78 is 5.14. The van der Waals surface area contributed by atoms with Crippen molar-refractivity contribution in [3.05, 3.63) is 30.2 Å². The summed E-state index contributed by atoms with van der Waals surface area (Å²) in [5.41, 5.74) is 0. The lowest BCUT2D eigenvalue weighted by atomic mass is 10.3. The van der Waals surface area contributed by atoms with E-state index in [1.807, 2.05) is 13.0 Å². The Balaban J connectivity index is 0.00000261. The highest BCUT2D eigenvalue weighted by molar-refractivity contribution is 14.0. The van der Waals surface area contributed by atoms with E-state index in [0.29, 0.717) is 11.7 Å². The number of hydrogen-bond donors (Lipinski definition) is 1. The number of anilines is 1. The van der Waals surface area contributed by atoms with Gasteiger partial charge in [0.2, 0.25) is 11.8 Å². The van der Waals surface area contributed by atoms with Gasteiger partial charge in [0.15, 0.2) is 11.8 Å². The molecule has 1 aliphatic heterocycles. The molecule has 1 saturated heterocycles. The summed E-state index contributed by atoms with van der Waals surface area (Å²) >= 11 is 0. The zero-order valence-electron chi connectivity index (χ0n) is 15.8. The average Bonchev–Trinajstić information content (AvgIpc) is 3.10. The molecule has 148 valence electrons. The maximum atomic E-state index is 5.14. The van der Waals surface area contributed by atoms with Gasteiger partial charge < -0.3 is 19.6 Å². The van der Waals surface area contributed by atoms with E-state index in [9.17, 15) is 0 Å². The molecule has 1 fully saturated rings. The monoisotopic (exact) mass is 486 g/mol. The van der Waals surface area contributed by atoms with E-state index in [0.717, 1.165) is 64.0 Å². The molecule has 10 heteroatoms. The van der Waals surface area contributed by atoms with Crippen molar-refractivity contribution in [3.8, 4) is 0 Å². The summed E-state index contributed by atoms with van der Waals surface area (Å²) in [7, 11) is 0. The van der Waals surface area contributed by atoms with Gasteiger partial charge in [-0.3, -0.25) is 4.99 Å². The van der Waals surface area contributed by atoms with E-state index in [2.05, 4.69) is 42.1 Å². The Hall–Kier alpha value is -1.98. The van der Waals surface area contributed by atoms with Crippen molar-refractivity contribution in [2.24, 2.45) is 4.99 Å². The van der Waals surface area contributed by atoms with E-state index in [1.165, 1.54) is 0 Å². The molecule has 0 amide bonds. The highest BCUT2D eigenvalue weighted by atomic mass is 127. The highest BCUT2D eigenvalue weighted by Gasteiger charge is 2.20. The van der Waals surface area contributed by atoms with Crippen LogP contribution in [0.15, 0.2) is 28.0 Å². The van der Waals surface area contributed by atoms with Crippen LogP contribution in [0.5, 0.6) is 0 Å². The topological polar surface area (TPSA) is 95.6 Å². The third kappa shape index (κ3) is 6.29. The second-order valence-corrected chi connectivity index (χ2v) is 6.10. The third-order valence-electron chi connectivity index (χ3n) is 4.13. The molecule has 0 atom stereocenters. The van der Waals surface area contributed by atoms with Gasteiger partial charge in [0.05, 0.1) is 0 Å². The predicted octanol–water partition coefficient (Wildman–Crippen LogP) is 1.51. The van der Waals surface area contributed by atoms with E-state index in [-0.39, 0.29) is 24.0 Å². The Bertz CT molecular complexity index is 700. The summed E-state index contributed by atoms with van der Waals surface area (Å²) in [5.74, 6) is 3.11. The van der Waals surface area contributed by atoms with Crippen LogP contribution < -0.4 is 10.2 Å². The van der Waals surface area contributed by atoms with Gasteiger partial charge >= 0.3 is 0 Å². The van der Waals surface area contributed by atoms with Gasteiger partial charge in [-0.2, -0.15) is 4.98 Å². The SMILES string of the molecule is CCNC(=NCCCc1nc(C)no1)N1CCN(c2ncccn2)CC1.I. The van der Waals surface area contributed by atoms with Crippen LogP contribution in [-0.2, 0) is 6.42 Å². The van der Waals surface area contributed by atoms with Gasteiger partial charge in [0, 0.05) is 58.1 Å². The first-order valence-corrected chi connectivity index (χ1v) is 9.10. The molecule has 3 heterocycles. The van der Waals surface area contributed by atoms with E-state index in [1.54, 1.807) is 12.4 Å². The van der Waals surface area contributed by atoms with Crippen molar-refractivity contribution in [1.29, 1.82) is 0 Å². The lowest BCUT2D eigenvalue weighted by Gasteiger charge is -2.36. The fraction of sp³-hybridized carbons (Fsp3) is 0.588. The van der Waals surface area contributed by atoms with Crippen LogP contribution in [0.4, 0.5) is 5.95 Å². The molecule has 27 heavy (non-hydrogen) atoms. The molecule has 0 bridgehead atoms. The van der Waals surface area contributed by atoms with Crippen LogP contribution in [0.2, 0.25) is 0 Å². The number of halogens is 1. The molecular formula is C17H27IN8O. The van der Waals surface area contributed by atoms with Crippen LogP contribution in [0.3, 0.4) is 0 Å². The predicted molar refractivity (Wildman–Crippen MR) is 115 cm³/mol. The molecular weight excluding hydrogens is 459 g/mol. The lowest BCUT2D eigenvalue weighted by molar-refractivity contribution is 0.367. The van der Waals surface area contributed by atoms with Gasteiger partial charge in [0.25, 0.3) is 0 Å². The van der Waals surface area contributed by atoms with Crippen molar-refractivity contribution >= 4 is 35.9 Å². The normalized spacial score (nSPS) is 14.8. The second kappa shape index (κ2) is 11.0. The van der Waals surface area contributed by atoms with E-state index < -0.39 is 0 Å². The number of nitrogens with one attached hydrogen (secondary N) is 1. The molecule has 2 aromatic heterocycles. The van der Waals surface area contributed by atoms with Crippen LogP contribution in [-0.4, -0.2) is 70.2 Å². The minimum atomic E-state index is 0. The molecule has 9 nitrogen and oxygen atoms in total. The van der Waals surface area contributed by atoms with Crippen molar-refractivity contribution in [1.82, 2.24) is 30.3 Å². The number of rotatable bonds is 6. The van der Waals surface area contributed by atoms with Crippen molar-refractivity contribution < 1.29 is 4.52 Å². The quantitative estimate of drug-likeness (QED) is 0.284. The molecule has 0 unspecified atom stereocenters. The molecule has 0 spiro atoms. The molecule has 0 saturated carbocycles. The van der Waals surface area contributed by atoms with E-state index in [4.69, 9.17) is 9.52 Å². The second-order valence-electron chi connectivity index (χ2n) is 6.10. The number of piperazine rings is 1. The smallest absolute Gasteiger partial charge is 0.226 e. The fourth-order valence-corrected chi connectivity index (χ4v) is 2.86. The minimum Gasteiger partial charge on any atom is -0.357 e. The Labute approximate surface area is 176 Å².